The molecule has 0 aliphatic rings. The van der Waals surface area contributed by atoms with Crippen molar-refractivity contribution in [2.45, 2.75) is 0 Å². The van der Waals surface area contributed by atoms with E-state index in [0.717, 1.165) is 0 Å². The number of para-hydroxylation sites is 2. The molecule has 1 N–H and O–H groups in total. The number of hydrogen-bond donors (Lipinski definition) is 1. The SMILES string of the molecule is O=C(N/N=C\c1ccccc1[N+](=O)[O-])c1cc(-c2ccco2)nc2ccccc12. The van der Waals surface area contributed by atoms with E-state index >= 15 is 0 Å². The van der Waals surface area contributed by atoms with E-state index in [1.807, 2.05) is 12.1 Å². The molecule has 2 heterocycles. The fraction of sp³-hybridized carbons (Fsp3) is 0. The molecule has 0 saturated carbocycles. The topological polar surface area (TPSA) is 111 Å². The van der Waals surface area contributed by atoms with Crippen molar-refractivity contribution in [3.8, 4) is 11.5 Å². The van der Waals surface area contributed by atoms with Crippen molar-refractivity contribution in [2.24, 2.45) is 5.10 Å². The lowest BCUT2D eigenvalue weighted by atomic mass is 10.1. The third-order valence-corrected chi connectivity index (χ3v) is 4.24. The normalized spacial score (nSPS) is 11.0. The summed E-state index contributed by atoms with van der Waals surface area (Å²) in [4.78, 5) is 27.9. The van der Waals surface area contributed by atoms with Gasteiger partial charge in [0.1, 0.15) is 5.69 Å². The van der Waals surface area contributed by atoms with E-state index in [1.165, 1.54) is 18.5 Å². The average molecular weight is 386 g/mol. The summed E-state index contributed by atoms with van der Waals surface area (Å²) in [6.45, 7) is 0. The lowest BCUT2D eigenvalue weighted by Crippen LogP contribution is -2.18. The van der Waals surface area contributed by atoms with Gasteiger partial charge in [-0.15, -0.1) is 0 Å². The molecule has 2 aromatic heterocycles. The second-order valence-corrected chi connectivity index (χ2v) is 6.06. The highest BCUT2D eigenvalue weighted by Gasteiger charge is 2.15. The Morgan fingerprint density at radius 1 is 1.10 bits per heavy atom. The summed E-state index contributed by atoms with van der Waals surface area (Å²) in [5, 5.41) is 15.6. The zero-order valence-electron chi connectivity index (χ0n) is 15.0. The largest absolute Gasteiger partial charge is 0.463 e. The Morgan fingerprint density at radius 2 is 1.90 bits per heavy atom. The number of aromatic nitrogens is 1. The van der Waals surface area contributed by atoms with Crippen molar-refractivity contribution in [1.82, 2.24) is 10.4 Å². The maximum Gasteiger partial charge on any atom is 0.278 e. The first-order valence-electron chi connectivity index (χ1n) is 8.64. The van der Waals surface area contributed by atoms with Crippen LogP contribution in [0.5, 0.6) is 0 Å². The summed E-state index contributed by atoms with van der Waals surface area (Å²) in [5.74, 6) is 0.0689. The fourth-order valence-corrected chi connectivity index (χ4v) is 2.90. The maximum atomic E-state index is 12.8. The van der Waals surface area contributed by atoms with Gasteiger partial charge in [-0.05, 0) is 30.3 Å². The Labute approximate surface area is 164 Å². The second-order valence-electron chi connectivity index (χ2n) is 6.06. The van der Waals surface area contributed by atoms with Gasteiger partial charge in [0.05, 0.1) is 34.0 Å². The molecule has 0 atom stereocenters. The van der Waals surface area contributed by atoms with E-state index in [0.29, 0.717) is 27.9 Å². The summed E-state index contributed by atoms with van der Waals surface area (Å²) in [6, 6.07) is 18.5. The lowest BCUT2D eigenvalue weighted by Gasteiger charge is -2.07. The third-order valence-electron chi connectivity index (χ3n) is 4.24. The number of hydrazone groups is 1. The van der Waals surface area contributed by atoms with Crippen molar-refractivity contribution >= 4 is 28.7 Å². The van der Waals surface area contributed by atoms with Crippen LogP contribution in [0.4, 0.5) is 5.69 Å². The molecule has 0 aliphatic carbocycles. The van der Waals surface area contributed by atoms with Gasteiger partial charge in [-0.3, -0.25) is 14.9 Å². The zero-order chi connectivity index (χ0) is 20.2. The summed E-state index contributed by atoms with van der Waals surface area (Å²) in [6.07, 6.45) is 2.77. The number of nitrogens with zero attached hydrogens (tertiary/aromatic N) is 3. The van der Waals surface area contributed by atoms with Gasteiger partial charge in [0.15, 0.2) is 5.76 Å². The van der Waals surface area contributed by atoms with Crippen LogP contribution in [-0.2, 0) is 0 Å². The number of amides is 1. The molecule has 0 saturated heterocycles. The second kappa shape index (κ2) is 7.73. The summed E-state index contributed by atoms with van der Waals surface area (Å²) in [7, 11) is 0. The minimum atomic E-state index is -0.505. The Hall–Kier alpha value is -4.33. The molecule has 0 fully saturated rings. The number of rotatable bonds is 5. The standard InChI is InChI=1S/C21H14N4O4/c26-21(24-22-13-14-6-1-4-9-19(14)25(27)28)16-12-18(20-10-5-11-29-20)23-17-8-3-2-7-15(16)17/h1-13H,(H,24,26)/b22-13-. The van der Waals surface area contributed by atoms with E-state index in [-0.39, 0.29) is 11.3 Å². The van der Waals surface area contributed by atoms with Gasteiger partial charge in [-0.2, -0.15) is 5.10 Å². The predicted octanol–water partition coefficient (Wildman–Crippen LogP) is 4.17. The number of furan rings is 1. The monoisotopic (exact) mass is 386 g/mol. The molecule has 0 unspecified atom stereocenters. The first-order chi connectivity index (χ1) is 14.1. The molecule has 1 amide bonds. The van der Waals surface area contributed by atoms with Gasteiger partial charge in [0.2, 0.25) is 0 Å². The van der Waals surface area contributed by atoms with E-state index in [9.17, 15) is 14.9 Å². The first-order valence-corrected chi connectivity index (χ1v) is 8.64. The highest BCUT2D eigenvalue weighted by molar-refractivity contribution is 6.07. The molecule has 8 nitrogen and oxygen atoms in total. The minimum Gasteiger partial charge on any atom is -0.463 e. The van der Waals surface area contributed by atoms with Gasteiger partial charge < -0.3 is 4.42 Å². The fourth-order valence-electron chi connectivity index (χ4n) is 2.90. The third kappa shape index (κ3) is 3.72. The molecular formula is C21H14N4O4. The predicted molar refractivity (Wildman–Crippen MR) is 108 cm³/mol. The van der Waals surface area contributed by atoms with Crippen LogP contribution in [-0.4, -0.2) is 22.0 Å². The molecule has 0 aliphatic heterocycles. The molecule has 0 spiro atoms. The van der Waals surface area contributed by atoms with Gasteiger partial charge >= 0.3 is 0 Å². The average Bonchev–Trinajstić information content (AvgIpc) is 3.28. The number of nitro benzene ring substituents is 1. The molecule has 0 bridgehead atoms. The van der Waals surface area contributed by atoms with E-state index < -0.39 is 10.8 Å². The number of nitrogens with one attached hydrogen (secondary N) is 1. The lowest BCUT2D eigenvalue weighted by molar-refractivity contribution is -0.385. The zero-order valence-corrected chi connectivity index (χ0v) is 15.0. The van der Waals surface area contributed by atoms with Crippen LogP contribution in [0, 0.1) is 10.1 Å². The van der Waals surface area contributed by atoms with Crippen LogP contribution in [0.15, 0.2) is 82.5 Å². The van der Waals surface area contributed by atoms with Crippen LogP contribution >= 0.6 is 0 Å². The minimum absolute atomic E-state index is 0.0973. The van der Waals surface area contributed by atoms with Crippen LogP contribution in [0.3, 0.4) is 0 Å². The van der Waals surface area contributed by atoms with Crippen molar-refractivity contribution in [3.63, 3.8) is 0 Å². The smallest absolute Gasteiger partial charge is 0.278 e. The Bertz CT molecular complexity index is 1230. The van der Waals surface area contributed by atoms with Crippen LogP contribution in [0.1, 0.15) is 15.9 Å². The molecular weight excluding hydrogens is 372 g/mol. The van der Waals surface area contributed by atoms with Gasteiger partial charge in [0, 0.05) is 11.5 Å². The van der Waals surface area contributed by atoms with Crippen molar-refractivity contribution in [2.75, 3.05) is 0 Å². The van der Waals surface area contributed by atoms with E-state index in [1.54, 1.807) is 48.5 Å². The van der Waals surface area contributed by atoms with Crippen molar-refractivity contribution < 1.29 is 14.1 Å². The molecule has 8 heteroatoms. The van der Waals surface area contributed by atoms with Crippen molar-refractivity contribution in [3.05, 3.63) is 94.2 Å². The molecule has 4 aromatic rings. The van der Waals surface area contributed by atoms with Crippen LogP contribution in [0.2, 0.25) is 0 Å². The number of fused-ring (bicyclic) bond motifs is 1. The Balaban J connectivity index is 1.66. The quantitative estimate of drug-likeness (QED) is 0.314. The number of carbonyl (C=O) groups is 1. The van der Waals surface area contributed by atoms with E-state index in [2.05, 4.69) is 15.5 Å². The molecule has 0 radical (unpaired) electrons. The maximum absolute atomic E-state index is 12.8. The number of nitro groups is 1. The number of benzene rings is 2. The van der Waals surface area contributed by atoms with Gasteiger partial charge in [-0.25, -0.2) is 10.4 Å². The first kappa shape index (κ1) is 18.1. The highest BCUT2D eigenvalue weighted by Crippen LogP contribution is 2.25. The molecule has 142 valence electrons. The Kier molecular flexibility index (Phi) is 4.81. The highest BCUT2D eigenvalue weighted by atomic mass is 16.6. The molecule has 4 rings (SSSR count). The summed E-state index contributed by atoms with van der Waals surface area (Å²) < 4.78 is 5.39. The van der Waals surface area contributed by atoms with Gasteiger partial charge in [-0.1, -0.05) is 30.3 Å². The number of pyridine rings is 1. The van der Waals surface area contributed by atoms with Crippen molar-refractivity contribution in [1.29, 1.82) is 0 Å². The van der Waals surface area contributed by atoms with Gasteiger partial charge in [0.25, 0.3) is 11.6 Å². The molecule has 2 aromatic carbocycles. The van der Waals surface area contributed by atoms with Crippen LogP contribution < -0.4 is 5.43 Å². The number of carbonyl (C=O) groups excluding carboxylic acids is 1. The Morgan fingerprint density at radius 3 is 2.69 bits per heavy atom. The summed E-state index contributed by atoms with van der Waals surface area (Å²) in [5.41, 5.74) is 4.13. The van der Waals surface area contributed by atoms with Crippen LogP contribution in [0.25, 0.3) is 22.4 Å². The summed E-state index contributed by atoms with van der Waals surface area (Å²) >= 11 is 0. The molecule has 29 heavy (non-hydrogen) atoms. The number of hydrogen-bond acceptors (Lipinski definition) is 6. The van der Waals surface area contributed by atoms with E-state index in [4.69, 9.17) is 4.42 Å².